The zero-order valence-electron chi connectivity index (χ0n) is 20.1. The SMILES string of the molecule is COc1cc(OC)c(/C(O)=C2\C(=O)C(=O)N(CCCOC(C)C)C2c2cccc(C)c2)cc1Cl. The molecule has 3 rings (SSSR count). The van der Waals surface area contributed by atoms with Gasteiger partial charge in [-0.3, -0.25) is 9.59 Å². The maximum absolute atomic E-state index is 13.2. The number of benzene rings is 2. The number of methoxy groups -OCH3 is 2. The third kappa shape index (κ3) is 5.21. The Labute approximate surface area is 204 Å². The minimum Gasteiger partial charge on any atom is -0.507 e. The van der Waals surface area contributed by atoms with E-state index in [1.54, 1.807) is 0 Å². The summed E-state index contributed by atoms with van der Waals surface area (Å²) in [5.74, 6) is -1.17. The van der Waals surface area contributed by atoms with E-state index in [0.717, 1.165) is 11.1 Å². The standard InChI is InChI=1S/C26H30ClNO6/c1-15(2)34-11-7-10-28-23(17-9-6-8-16(3)12-17)22(25(30)26(28)31)24(29)18-13-19(27)21(33-5)14-20(18)32-4/h6,8-9,12-15,23,29H,7,10-11H2,1-5H3/b24-22+. The Morgan fingerprint density at radius 1 is 1.12 bits per heavy atom. The molecule has 1 atom stereocenters. The molecule has 182 valence electrons. The summed E-state index contributed by atoms with van der Waals surface area (Å²) in [5, 5.41) is 11.6. The molecule has 0 saturated carbocycles. The third-order valence-corrected chi connectivity index (χ3v) is 5.92. The van der Waals surface area contributed by atoms with E-state index in [0.29, 0.717) is 25.3 Å². The van der Waals surface area contributed by atoms with E-state index < -0.39 is 17.7 Å². The Bertz CT molecular complexity index is 1110. The number of nitrogens with zero attached hydrogens (tertiary/aromatic N) is 1. The zero-order valence-corrected chi connectivity index (χ0v) is 20.8. The second-order valence-electron chi connectivity index (χ2n) is 8.37. The number of carbonyl (C=O) groups excluding carboxylic acids is 2. The first kappa shape index (κ1) is 25.6. The van der Waals surface area contributed by atoms with Crippen LogP contribution in [0.2, 0.25) is 5.02 Å². The Hall–Kier alpha value is -3.03. The molecule has 0 radical (unpaired) electrons. The number of carbonyl (C=O) groups is 2. The lowest BCUT2D eigenvalue weighted by atomic mass is 9.94. The number of aliphatic hydroxyl groups is 1. The average Bonchev–Trinajstić information content (AvgIpc) is 3.06. The Kier molecular flexibility index (Phi) is 8.23. The largest absolute Gasteiger partial charge is 0.507 e. The highest BCUT2D eigenvalue weighted by atomic mass is 35.5. The maximum Gasteiger partial charge on any atom is 0.295 e. The molecule has 1 unspecified atom stereocenters. The summed E-state index contributed by atoms with van der Waals surface area (Å²) in [7, 11) is 2.90. The average molecular weight is 488 g/mol. The summed E-state index contributed by atoms with van der Waals surface area (Å²) in [6.45, 7) is 6.55. The first-order valence-electron chi connectivity index (χ1n) is 11.1. The molecular formula is C26H30ClNO6. The summed E-state index contributed by atoms with van der Waals surface area (Å²) in [5.41, 5.74) is 1.88. The number of rotatable bonds is 9. The molecule has 0 bridgehead atoms. The molecule has 7 nitrogen and oxygen atoms in total. The van der Waals surface area contributed by atoms with Gasteiger partial charge in [0.15, 0.2) is 0 Å². The lowest BCUT2D eigenvalue weighted by molar-refractivity contribution is -0.140. The minimum atomic E-state index is -0.761. The molecule has 2 aromatic carbocycles. The molecule has 1 saturated heterocycles. The quantitative estimate of drug-likeness (QED) is 0.234. The molecule has 34 heavy (non-hydrogen) atoms. The van der Waals surface area contributed by atoms with Crippen molar-refractivity contribution in [3.05, 3.63) is 63.7 Å². The fourth-order valence-corrected chi connectivity index (χ4v) is 4.28. The molecule has 0 aliphatic carbocycles. The highest BCUT2D eigenvalue weighted by Gasteiger charge is 2.46. The number of hydrogen-bond acceptors (Lipinski definition) is 6. The fourth-order valence-electron chi connectivity index (χ4n) is 4.04. The molecule has 1 N–H and O–H groups in total. The van der Waals surface area contributed by atoms with Crippen LogP contribution in [0.5, 0.6) is 11.5 Å². The van der Waals surface area contributed by atoms with E-state index in [9.17, 15) is 14.7 Å². The van der Waals surface area contributed by atoms with Crippen LogP contribution in [0.4, 0.5) is 0 Å². The van der Waals surface area contributed by atoms with Crippen LogP contribution in [0.1, 0.15) is 43.0 Å². The number of hydrogen-bond donors (Lipinski definition) is 1. The number of aliphatic hydroxyl groups excluding tert-OH is 1. The monoisotopic (exact) mass is 487 g/mol. The van der Waals surface area contributed by atoms with Gasteiger partial charge in [0.05, 0.1) is 42.5 Å². The molecule has 8 heteroatoms. The third-order valence-electron chi connectivity index (χ3n) is 5.62. The zero-order chi connectivity index (χ0) is 25.0. The van der Waals surface area contributed by atoms with Gasteiger partial charge in [-0.15, -0.1) is 0 Å². The van der Waals surface area contributed by atoms with Crippen molar-refractivity contribution < 1.29 is 28.9 Å². The van der Waals surface area contributed by atoms with Gasteiger partial charge in [-0.2, -0.15) is 0 Å². The van der Waals surface area contributed by atoms with E-state index >= 15 is 0 Å². The van der Waals surface area contributed by atoms with Crippen LogP contribution < -0.4 is 9.47 Å². The number of aryl methyl sites for hydroxylation is 1. The summed E-state index contributed by atoms with van der Waals surface area (Å²) in [4.78, 5) is 27.8. The maximum atomic E-state index is 13.2. The van der Waals surface area contributed by atoms with Crippen LogP contribution in [-0.2, 0) is 14.3 Å². The first-order chi connectivity index (χ1) is 16.2. The Balaban J connectivity index is 2.13. The van der Waals surface area contributed by atoms with Crippen molar-refractivity contribution >= 4 is 29.1 Å². The molecule has 1 heterocycles. The molecular weight excluding hydrogens is 458 g/mol. The smallest absolute Gasteiger partial charge is 0.295 e. The number of amides is 1. The summed E-state index contributed by atoms with van der Waals surface area (Å²) < 4.78 is 16.2. The fraction of sp³-hybridized carbons (Fsp3) is 0.385. The van der Waals surface area contributed by atoms with Crippen molar-refractivity contribution in [2.24, 2.45) is 0 Å². The Morgan fingerprint density at radius 3 is 2.44 bits per heavy atom. The van der Waals surface area contributed by atoms with E-state index in [1.165, 1.54) is 31.3 Å². The molecule has 1 aliphatic rings. The number of halogens is 1. The van der Waals surface area contributed by atoms with Gasteiger partial charge in [-0.1, -0.05) is 41.4 Å². The Morgan fingerprint density at radius 2 is 1.82 bits per heavy atom. The predicted octanol–water partition coefficient (Wildman–Crippen LogP) is 4.90. The normalized spacial score (nSPS) is 17.5. The predicted molar refractivity (Wildman–Crippen MR) is 130 cm³/mol. The summed E-state index contributed by atoms with van der Waals surface area (Å²) in [6.07, 6.45) is 0.612. The highest BCUT2D eigenvalue weighted by molar-refractivity contribution is 6.46. The number of ketones is 1. The summed E-state index contributed by atoms with van der Waals surface area (Å²) >= 11 is 6.30. The van der Waals surface area contributed by atoms with Crippen molar-refractivity contribution in [1.82, 2.24) is 4.90 Å². The lowest BCUT2D eigenvalue weighted by Crippen LogP contribution is -2.31. The van der Waals surface area contributed by atoms with E-state index in [2.05, 4.69) is 0 Å². The van der Waals surface area contributed by atoms with Crippen LogP contribution in [0, 0.1) is 6.92 Å². The summed E-state index contributed by atoms with van der Waals surface area (Å²) in [6, 6.07) is 9.76. The number of ether oxygens (including phenoxy) is 3. The second-order valence-corrected chi connectivity index (χ2v) is 8.77. The molecule has 1 aliphatic heterocycles. The second kappa shape index (κ2) is 10.9. The minimum absolute atomic E-state index is 0.0140. The molecule has 1 amide bonds. The van der Waals surface area contributed by atoms with Crippen molar-refractivity contribution in [3.8, 4) is 11.5 Å². The molecule has 0 spiro atoms. The highest BCUT2D eigenvalue weighted by Crippen LogP contribution is 2.43. The van der Waals surface area contributed by atoms with Gasteiger partial charge in [0.25, 0.3) is 11.7 Å². The van der Waals surface area contributed by atoms with Crippen LogP contribution in [0.15, 0.2) is 42.0 Å². The van der Waals surface area contributed by atoms with Crippen molar-refractivity contribution in [1.29, 1.82) is 0 Å². The molecule has 1 fully saturated rings. The van der Waals surface area contributed by atoms with Crippen LogP contribution in [0.25, 0.3) is 5.76 Å². The molecule has 2 aromatic rings. The van der Waals surface area contributed by atoms with E-state index in [-0.39, 0.29) is 33.8 Å². The topological polar surface area (TPSA) is 85.3 Å². The molecule has 0 aromatic heterocycles. The van der Waals surface area contributed by atoms with Crippen molar-refractivity contribution in [2.75, 3.05) is 27.4 Å². The van der Waals surface area contributed by atoms with Crippen LogP contribution in [0.3, 0.4) is 0 Å². The van der Waals surface area contributed by atoms with Gasteiger partial charge in [-0.05, 0) is 38.8 Å². The van der Waals surface area contributed by atoms with Gasteiger partial charge in [0, 0.05) is 19.2 Å². The van der Waals surface area contributed by atoms with Crippen molar-refractivity contribution in [3.63, 3.8) is 0 Å². The van der Waals surface area contributed by atoms with Crippen LogP contribution in [-0.4, -0.2) is 55.2 Å². The van der Waals surface area contributed by atoms with Crippen LogP contribution >= 0.6 is 11.6 Å². The van der Waals surface area contributed by atoms with Gasteiger partial charge in [0.2, 0.25) is 0 Å². The van der Waals surface area contributed by atoms with E-state index in [4.69, 9.17) is 25.8 Å². The van der Waals surface area contributed by atoms with Gasteiger partial charge < -0.3 is 24.2 Å². The lowest BCUT2D eigenvalue weighted by Gasteiger charge is -2.26. The van der Waals surface area contributed by atoms with Gasteiger partial charge in [0.1, 0.15) is 17.3 Å². The number of Topliss-reactive ketones (excluding diaryl/α,β-unsaturated/α-hetero) is 1. The van der Waals surface area contributed by atoms with Gasteiger partial charge >= 0.3 is 0 Å². The first-order valence-corrected chi connectivity index (χ1v) is 11.5. The van der Waals surface area contributed by atoms with E-state index in [1.807, 2.05) is 45.0 Å². The number of likely N-dealkylation sites (tertiary alicyclic amines) is 1. The van der Waals surface area contributed by atoms with Gasteiger partial charge in [-0.25, -0.2) is 0 Å². The van der Waals surface area contributed by atoms with Crippen molar-refractivity contribution in [2.45, 2.75) is 39.3 Å².